The van der Waals surface area contributed by atoms with Crippen molar-refractivity contribution in [1.82, 2.24) is 0 Å². The van der Waals surface area contributed by atoms with Crippen LogP contribution in [0.4, 0.5) is 5.69 Å². The average Bonchev–Trinajstić information content (AvgIpc) is 3.00. The summed E-state index contributed by atoms with van der Waals surface area (Å²) in [7, 11) is 0. The quantitative estimate of drug-likeness (QED) is 0.671. The molecule has 1 aromatic carbocycles. The maximum atomic E-state index is 12.9. The third-order valence-corrected chi connectivity index (χ3v) is 5.87. The number of carbonyl (C=O) groups is 2. The number of fused-ring (bicyclic) bond motifs is 2. The van der Waals surface area contributed by atoms with Gasteiger partial charge < -0.3 is 5.32 Å². The molecule has 1 aromatic rings. The summed E-state index contributed by atoms with van der Waals surface area (Å²) in [6.07, 6.45) is 2.91. The summed E-state index contributed by atoms with van der Waals surface area (Å²) < 4.78 is 0. The second-order valence-electron chi connectivity index (χ2n) is 7.31. The van der Waals surface area contributed by atoms with Gasteiger partial charge in [0.05, 0.1) is 5.41 Å². The first-order valence-corrected chi connectivity index (χ1v) is 7.90. The average molecular weight is 297 g/mol. The van der Waals surface area contributed by atoms with E-state index in [9.17, 15) is 9.59 Å². The highest BCUT2D eigenvalue weighted by molar-refractivity contribution is 5.99. The summed E-state index contributed by atoms with van der Waals surface area (Å²) in [5.74, 6) is 0.646. The van der Waals surface area contributed by atoms with E-state index in [4.69, 9.17) is 0 Å². The normalized spacial score (nSPS) is 28.7. The van der Waals surface area contributed by atoms with Gasteiger partial charge in [-0.3, -0.25) is 9.59 Å². The van der Waals surface area contributed by atoms with Crippen LogP contribution < -0.4 is 5.32 Å². The second kappa shape index (κ2) is 4.80. The third kappa shape index (κ3) is 2.03. The summed E-state index contributed by atoms with van der Waals surface area (Å²) in [5.41, 5.74) is 2.12. The fraction of sp³-hybridized carbons (Fsp3) is 0.474. The van der Waals surface area contributed by atoms with Gasteiger partial charge in [-0.1, -0.05) is 26.0 Å². The van der Waals surface area contributed by atoms with Gasteiger partial charge in [0.2, 0.25) is 5.91 Å². The van der Waals surface area contributed by atoms with Gasteiger partial charge >= 0.3 is 0 Å². The van der Waals surface area contributed by atoms with E-state index in [1.54, 1.807) is 24.3 Å². The summed E-state index contributed by atoms with van der Waals surface area (Å²) in [5, 5.41) is 3.03. The number of hydrogen-bond acceptors (Lipinski definition) is 2. The summed E-state index contributed by atoms with van der Waals surface area (Å²) in [6.45, 7) is 10.2. The van der Waals surface area contributed by atoms with Gasteiger partial charge in [0, 0.05) is 11.3 Å². The molecule has 0 aliphatic heterocycles. The highest BCUT2D eigenvalue weighted by atomic mass is 16.2. The van der Waals surface area contributed by atoms with Crippen LogP contribution in [0.5, 0.6) is 0 Å². The fourth-order valence-corrected chi connectivity index (χ4v) is 4.18. The Balaban J connectivity index is 1.80. The molecule has 0 aromatic heterocycles. The van der Waals surface area contributed by atoms with E-state index >= 15 is 0 Å². The Hall–Kier alpha value is -1.90. The zero-order valence-electron chi connectivity index (χ0n) is 13.5. The van der Waals surface area contributed by atoms with Crippen LogP contribution in [0, 0.1) is 16.7 Å². The van der Waals surface area contributed by atoms with Gasteiger partial charge in [0.1, 0.15) is 0 Å². The number of Topliss-reactive ketones (excluding diaryl/α,β-unsaturated/α-hetero) is 1. The van der Waals surface area contributed by atoms with Crippen molar-refractivity contribution in [2.45, 2.75) is 40.0 Å². The number of amides is 1. The molecule has 2 saturated carbocycles. The lowest BCUT2D eigenvalue weighted by atomic mass is 9.68. The summed E-state index contributed by atoms with van der Waals surface area (Å²) >= 11 is 0. The van der Waals surface area contributed by atoms with Crippen LogP contribution in [0.3, 0.4) is 0 Å². The summed E-state index contributed by atoms with van der Waals surface area (Å²) in [6, 6.07) is 7.09. The van der Waals surface area contributed by atoms with Crippen LogP contribution in [-0.2, 0) is 4.79 Å². The molecular weight excluding hydrogens is 274 g/mol. The van der Waals surface area contributed by atoms with E-state index in [1.807, 2.05) is 0 Å². The zero-order chi connectivity index (χ0) is 16.1. The largest absolute Gasteiger partial charge is 0.325 e. The zero-order valence-corrected chi connectivity index (χ0v) is 13.5. The minimum Gasteiger partial charge on any atom is -0.325 e. The Morgan fingerprint density at radius 2 is 1.86 bits per heavy atom. The van der Waals surface area contributed by atoms with Crippen LogP contribution in [0.25, 0.3) is 0 Å². The number of hydrogen-bond donors (Lipinski definition) is 1. The smallest absolute Gasteiger partial charge is 0.234 e. The first-order chi connectivity index (χ1) is 10.3. The molecule has 2 bridgehead atoms. The van der Waals surface area contributed by atoms with Crippen molar-refractivity contribution in [2.24, 2.45) is 16.7 Å². The maximum absolute atomic E-state index is 12.9. The number of carbonyl (C=O) groups excluding carboxylic acids is 2. The lowest BCUT2D eigenvalue weighted by Crippen LogP contribution is -2.37. The van der Waals surface area contributed by atoms with Crippen molar-refractivity contribution in [3.05, 3.63) is 42.0 Å². The van der Waals surface area contributed by atoms with Crippen LogP contribution >= 0.6 is 0 Å². The molecule has 1 N–H and O–H groups in total. The number of rotatable bonds is 3. The van der Waals surface area contributed by atoms with Crippen molar-refractivity contribution in [2.75, 3.05) is 5.32 Å². The first kappa shape index (κ1) is 15.0. The first-order valence-electron chi connectivity index (χ1n) is 7.90. The Labute approximate surface area is 131 Å². The second-order valence-corrected chi connectivity index (χ2v) is 7.31. The molecule has 2 aliphatic carbocycles. The molecule has 0 spiro atoms. The van der Waals surface area contributed by atoms with Crippen molar-refractivity contribution >= 4 is 17.4 Å². The van der Waals surface area contributed by atoms with Crippen molar-refractivity contribution in [3.63, 3.8) is 0 Å². The Kier molecular flexibility index (Phi) is 3.28. The molecule has 0 unspecified atom stereocenters. The monoisotopic (exact) mass is 297 g/mol. The molecular formula is C19H23NO2. The Morgan fingerprint density at radius 3 is 2.36 bits per heavy atom. The molecule has 3 rings (SSSR count). The SMILES string of the molecule is C=C1C(C)(C)[C@H]2CC[C@]1(C(=O)Nc1ccc(C(C)=O)cc1)C2. The Bertz CT molecular complexity index is 657. The highest BCUT2D eigenvalue weighted by Crippen LogP contribution is 2.65. The van der Waals surface area contributed by atoms with Crippen molar-refractivity contribution < 1.29 is 9.59 Å². The van der Waals surface area contributed by atoms with Gasteiger partial charge in [0.15, 0.2) is 5.78 Å². The molecule has 2 aliphatic rings. The lowest BCUT2D eigenvalue weighted by molar-refractivity contribution is -0.123. The lowest BCUT2D eigenvalue weighted by Gasteiger charge is -2.37. The Morgan fingerprint density at radius 1 is 1.23 bits per heavy atom. The molecule has 1 amide bonds. The van der Waals surface area contributed by atoms with E-state index in [0.717, 1.165) is 30.5 Å². The third-order valence-electron chi connectivity index (χ3n) is 5.87. The molecule has 3 heteroatoms. The minimum atomic E-state index is -0.409. The molecule has 116 valence electrons. The van der Waals surface area contributed by atoms with Gasteiger partial charge in [-0.15, -0.1) is 0 Å². The van der Waals surface area contributed by atoms with Gasteiger partial charge in [0.25, 0.3) is 0 Å². The van der Waals surface area contributed by atoms with Crippen LogP contribution in [0.15, 0.2) is 36.4 Å². The predicted molar refractivity (Wildman–Crippen MR) is 87.8 cm³/mol. The molecule has 2 fully saturated rings. The molecule has 22 heavy (non-hydrogen) atoms. The van der Waals surface area contributed by atoms with E-state index in [0.29, 0.717) is 11.5 Å². The molecule has 0 heterocycles. The van der Waals surface area contributed by atoms with E-state index in [2.05, 4.69) is 25.7 Å². The number of nitrogens with one attached hydrogen (secondary N) is 1. The predicted octanol–water partition coefficient (Wildman–Crippen LogP) is 4.21. The number of benzene rings is 1. The fourth-order valence-electron chi connectivity index (χ4n) is 4.18. The highest BCUT2D eigenvalue weighted by Gasteiger charge is 2.60. The number of ketones is 1. The molecule has 2 atom stereocenters. The van der Waals surface area contributed by atoms with E-state index in [-0.39, 0.29) is 17.1 Å². The van der Waals surface area contributed by atoms with Crippen molar-refractivity contribution in [1.29, 1.82) is 0 Å². The van der Waals surface area contributed by atoms with Crippen LogP contribution in [0.1, 0.15) is 50.4 Å². The molecule has 3 nitrogen and oxygen atoms in total. The molecule has 0 radical (unpaired) electrons. The standard InChI is InChI=1S/C19H23NO2/c1-12(21)14-5-7-16(8-6-14)20-17(22)19-10-9-15(11-19)18(3,4)13(19)2/h5-8,15H,2,9-11H2,1,3-4H3,(H,20,22)/t15-,19-/m0/s1. The van der Waals surface area contributed by atoms with Crippen molar-refractivity contribution in [3.8, 4) is 0 Å². The van der Waals surface area contributed by atoms with Crippen LogP contribution in [0.2, 0.25) is 0 Å². The van der Waals surface area contributed by atoms with E-state index in [1.165, 1.54) is 6.92 Å². The van der Waals surface area contributed by atoms with Gasteiger partial charge in [-0.05, 0) is 61.8 Å². The van der Waals surface area contributed by atoms with Gasteiger partial charge in [-0.25, -0.2) is 0 Å². The molecule has 0 saturated heterocycles. The maximum Gasteiger partial charge on any atom is 0.234 e. The number of anilines is 1. The summed E-state index contributed by atoms with van der Waals surface area (Å²) in [4.78, 5) is 24.2. The van der Waals surface area contributed by atoms with Gasteiger partial charge in [-0.2, -0.15) is 0 Å². The van der Waals surface area contributed by atoms with Crippen LogP contribution in [-0.4, -0.2) is 11.7 Å². The topological polar surface area (TPSA) is 46.2 Å². The minimum absolute atomic E-state index is 0.0287. The van der Waals surface area contributed by atoms with E-state index < -0.39 is 5.41 Å².